The molecule has 2 nitrogen and oxygen atoms in total. The van der Waals surface area contributed by atoms with Crippen LogP contribution in [0.4, 0.5) is 0 Å². The molecule has 2 rings (SSSR count). The van der Waals surface area contributed by atoms with Crippen molar-refractivity contribution in [2.45, 2.75) is 31.4 Å². The van der Waals surface area contributed by atoms with E-state index in [-0.39, 0.29) is 0 Å². The number of hydrogen-bond donors (Lipinski definition) is 0. The number of benzene rings is 1. The normalized spacial score (nSPS) is 13.3. The fourth-order valence-corrected chi connectivity index (χ4v) is 3.49. The first-order chi connectivity index (χ1) is 10.1. The number of hydrogen-bond acceptors (Lipinski definition) is 3. The van der Waals surface area contributed by atoms with Gasteiger partial charge in [0.1, 0.15) is 0 Å². The summed E-state index contributed by atoms with van der Waals surface area (Å²) in [6, 6.07) is 12.5. The fraction of sp³-hybridized carbons (Fsp3) is 0.412. The number of thiophene rings is 1. The van der Waals surface area contributed by atoms with Gasteiger partial charge >= 0.3 is 0 Å². The molecule has 1 heterocycles. The van der Waals surface area contributed by atoms with Crippen LogP contribution in [-0.4, -0.2) is 13.2 Å². The van der Waals surface area contributed by atoms with Gasteiger partial charge in [0.2, 0.25) is 5.79 Å². The van der Waals surface area contributed by atoms with Crippen LogP contribution in [0.15, 0.2) is 41.8 Å². The molecule has 0 radical (unpaired) electrons. The molecule has 1 aromatic carbocycles. The van der Waals surface area contributed by atoms with Gasteiger partial charge in [-0.25, -0.2) is 0 Å². The first kappa shape index (κ1) is 16.7. The zero-order valence-electron chi connectivity index (χ0n) is 12.6. The SMILES string of the molecule is CCOC(OCC)(c1ccc(C(C)Br)cc1)c1cccs1. The zero-order chi connectivity index (χ0) is 15.3. The molecule has 0 fully saturated rings. The summed E-state index contributed by atoms with van der Waals surface area (Å²) < 4.78 is 12.2. The van der Waals surface area contributed by atoms with E-state index >= 15 is 0 Å². The highest BCUT2D eigenvalue weighted by Gasteiger charge is 2.37. The number of rotatable bonds is 7. The summed E-state index contributed by atoms with van der Waals surface area (Å²) in [6.07, 6.45) is 0. The Hall–Kier alpha value is -0.680. The second-order valence-electron chi connectivity index (χ2n) is 4.70. The van der Waals surface area contributed by atoms with Crippen LogP contribution in [0.1, 0.15) is 41.6 Å². The van der Waals surface area contributed by atoms with Crippen LogP contribution in [0, 0.1) is 0 Å². The van der Waals surface area contributed by atoms with Crippen molar-refractivity contribution in [3.05, 3.63) is 57.8 Å². The van der Waals surface area contributed by atoms with Crippen LogP contribution in [0.25, 0.3) is 0 Å². The van der Waals surface area contributed by atoms with Crippen LogP contribution in [0.2, 0.25) is 0 Å². The van der Waals surface area contributed by atoms with Crippen molar-refractivity contribution in [2.24, 2.45) is 0 Å². The van der Waals surface area contributed by atoms with E-state index < -0.39 is 5.79 Å². The molecule has 114 valence electrons. The maximum Gasteiger partial charge on any atom is 0.231 e. The fourth-order valence-electron chi connectivity index (χ4n) is 2.33. The van der Waals surface area contributed by atoms with Gasteiger partial charge in [-0.05, 0) is 37.8 Å². The van der Waals surface area contributed by atoms with Gasteiger partial charge in [0.15, 0.2) is 0 Å². The average molecular weight is 369 g/mol. The highest BCUT2D eigenvalue weighted by atomic mass is 79.9. The van der Waals surface area contributed by atoms with Gasteiger partial charge in [-0.3, -0.25) is 0 Å². The molecule has 0 aliphatic rings. The molecule has 0 aliphatic heterocycles. The molecule has 21 heavy (non-hydrogen) atoms. The second kappa shape index (κ2) is 7.54. The van der Waals surface area contributed by atoms with E-state index in [1.165, 1.54) is 5.56 Å². The molecule has 0 saturated heterocycles. The smallest absolute Gasteiger partial charge is 0.231 e. The minimum absolute atomic E-state index is 0.335. The van der Waals surface area contributed by atoms with E-state index in [9.17, 15) is 0 Å². The van der Waals surface area contributed by atoms with Crippen molar-refractivity contribution in [1.82, 2.24) is 0 Å². The van der Waals surface area contributed by atoms with E-state index in [4.69, 9.17) is 9.47 Å². The minimum Gasteiger partial charge on any atom is -0.342 e. The minimum atomic E-state index is -0.800. The molecule has 0 N–H and O–H groups in total. The number of ether oxygens (including phenoxy) is 2. The van der Waals surface area contributed by atoms with Gasteiger partial charge in [-0.2, -0.15) is 0 Å². The molecule has 1 aromatic heterocycles. The van der Waals surface area contributed by atoms with Crippen LogP contribution in [0.5, 0.6) is 0 Å². The van der Waals surface area contributed by atoms with Gasteiger partial charge in [-0.1, -0.05) is 46.3 Å². The lowest BCUT2D eigenvalue weighted by Gasteiger charge is -2.33. The van der Waals surface area contributed by atoms with Gasteiger partial charge in [0.25, 0.3) is 0 Å². The van der Waals surface area contributed by atoms with E-state index in [0.29, 0.717) is 18.0 Å². The largest absolute Gasteiger partial charge is 0.342 e. The lowest BCUT2D eigenvalue weighted by molar-refractivity contribution is -0.210. The molecular formula is C17H21BrO2S. The second-order valence-corrected chi connectivity index (χ2v) is 7.02. The highest BCUT2D eigenvalue weighted by molar-refractivity contribution is 9.09. The predicted octanol–water partition coefficient (Wildman–Crippen LogP) is 5.48. The van der Waals surface area contributed by atoms with Crippen LogP contribution >= 0.6 is 27.3 Å². The summed E-state index contributed by atoms with van der Waals surface area (Å²) in [5.74, 6) is -0.800. The lowest BCUT2D eigenvalue weighted by atomic mass is 10.0. The summed E-state index contributed by atoms with van der Waals surface area (Å²) in [7, 11) is 0. The summed E-state index contributed by atoms with van der Waals surface area (Å²) in [5.41, 5.74) is 2.28. The Morgan fingerprint density at radius 3 is 2.14 bits per heavy atom. The third kappa shape index (κ3) is 3.57. The Morgan fingerprint density at radius 2 is 1.71 bits per heavy atom. The average Bonchev–Trinajstić information content (AvgIpc) is 3.01. The van der Waals surface area contributed by atoms with Crippen LogP contribution < -0.4 is 0 Å². The molecule has 4 heteroatoms. The number of halogens is 1. The van der Waals surface area contributed by atoms with Crippen molar-refractivity contribution in [2.75, 3.05) is 13.2 Å². The number of alkyl halides is 1. The Labute approximate surface area is 139 Å². The predicted molar refractivity (Wildman–Crippen MR) is 92.1 cm³/mol. The standard InChI is InChI=1S/C17H21BrO2S/c1-4-19-17(20-5-2,16-7-6-12-21-16)15-10-8-14(9-11-15)13(3)18/h6-13H,4-5H2,1-3H3. The van der Waals surface area contributed by atoms with Crippen molar-refractivity contribution in [1.29, 1.82) is 0 Å². The summed E-state index contributed by atoms with van der Waals surface area (Å²) >= 11 is 5.25. The molecule has 0 amide bonds. The van der Waals surface area contributed by atoms with Crippen molar-refractivity contribution >= 4 is 27.3 Å². The van der Waals surface area contributed by atoms with Crippen LogP contribution in [0.3, 0.4) is 0 Å². The first-order valence-corrected chi connectivity index (χ1v) is 9.00. The van der Waals surface area contributed by atoms with Gasteiger partial charge < -0.3 is 9.47 Å². The molecule has 1 atom stereocenters. The van der Waals surface area contributed by atoms with Gasteiger partial charge in [0, 0.05) is 23.6 Å². The first-order valence-electron chi connectivity index (χ1n) is 7.20. The third-order valence-electron chi connectivity index (χ3n) is 3.29. The Kier molecular flexibility index (Phi) is 5.99. The quantitative estimate of drug-likeness (QED) is 0.475. The van der Waals surface area contributed by atoms with Crippen molar-refractivity contribution < 1.29 is 9.47 Å². The van der Waals surface area contributed by atoms with E-state index in [1.807, 2.05) is 19.9 Å². The summed E-state index contributed by atoms with van der Waals surface area (Å²) in [6.45, 7) is 7.29. The molecule has 0 saturated carbocycles. The molecular weight excluding hydrogens is 348 g/mol. The van der Waals surface area contributed by atoms with E-state index in [2.05, 4.69) is 58.6 Å². The zero-order valence-corrected chi connectivity index (χ0v) is 15.0. The van der Waals surface area contributed by atoms with E-state index in [1.54, 1.807) is 11.3 Å². The topological polar surface area (TPSA) is 18.5 Å². The molecule has 2 aromatic rings. The van der Waals surface area contributed by atoms with Crippen molar-refractivity contribution in [3.63, 3.8) is 0 Å². The maximum atomic E-state index is 6.08. The van der Waals surface area contributed by atoms with Crippen LogP contribution in [-0.2, 0) is 15.3 Å². The molecule has 0 aliphatic carbocycles. The molecule has 0 bridgehead atoms. The third-order valence-corrected chi connectivity index (χ3v) is 4.77. The van der Waals surface area contributed by atoms with Crippen molar-refractivity contribution in [3.8, 4) is 0 Å². The summed E-state index contributed by atoms with van der Waals surface area (Å²) in [4.78, 5) is 1.41. The monoisotopic (exact) mass is 368 g/mol. The molecule has 1 unspecified atom stereocenters. The lowest BCUT2D eigenvalue weighted by Crippen LogP contribution is -2.34. The Bertz CT molecular complexity index is 528. The van der Waals surface area contributed by atoms with Gasteiger partial charge in [-0.15, -0.1) is 11.3 Å². The van der Waals surface area contributed by atoms with Gasteiger partial charge in [0.05, 0.1) is 4.88 Å². The summed E-state index contributed by atoms with van der Waals surface area (Å²) in [5, 5.41) is 2.05. The van der Waals surface area contributed by atoms with E-state index in [0.717, 1.165) is 10.4 Å². The molecule has 0 spiro atoms. The highest BCUT2D eigenvalue weighted by Crippen LogP contribution is 2.38. The Morgan fingerprint density at radius 1 is 1.10 bits per heavy atom. The maximum absolute atomic E-state index is 6.08. The Balaban J connectivity index is 2.47.